The van der Waals surface area contributed by atoms with E-state index in [4.69, 9.17) is 25.5 Å². The van der Waals surface area contributed by atoms with E-state index in [2.05, 4.69) is 32.7 Å². The number of ketones is 1. The average Bonchev–Trinajstić information content (AvgIpc) is 3.78. The number of benzene rings is 5. The maximum absolute atomic E-state index is 14.3. The molecule has 0 spiro atoms. The van der Waals surface area contributed by atoms with E-state index in [1.54, 1.807) is 42.2 Å². The van der Waals surface area contributed by atoms with Crippen LogP contribution in [0.5, 0.6) is 5.75 Å². The molecule has 0 aliphatic heterocycles. The van der Waals surface area contributed by atoms with Gasteiger partial charge in [0.2, 0.25) is 22.0 Å². The first-order valence-corrected chi connectivity index (χ1v) is 28.5. The van der Waals surface area contributed by atoms with Crippen LogP contribution in [-0.2, 0) is 41.0 Å². The molecule has 0 saturated heterocycles. The topological polar surface area (TPSA) is 227 Å². The van der Waals surface area contributed by atoms with Crippen LogP contribution < -0.4 is 24.4 Å². The maximum Gasteiger partial charge on any atom is 0.414 e. The summed E-state index contributed by atoms with van der Waals surface area (Å²) in [5, 5.41) is 13.0. The largest absolute Gasteiger partial charge is 0.470 e. The molecule has 75 heavy (non-hydrogen) atoms. The van der Waals surface area contributed by atoms with Crippen LogP contribution in [0.1, 0.15) is 112 Å². The number of fused-ring (bicyclic) bond motifs is 1. The number of Topliss-reactive ketones (excluding diaryl/α,β-unsaturated/α-hetero) is 1. The summed E-state index contributed by atoms with van der Waals surface area (Å²) < 4.78 is 74.1. The van der Waals surface area contributed by atoms with Gasteiger partial charge < -0.3 is 19.2 Å². The predicted octanol–water partition coefficient (Wildman–Crippen LogP) is 12.7. The Morgan fingerprint density at radius 1 is 0.800 bits per heavy atom. The maximum atomic E-state index is 14.3. The number of rotatable bonds is 26. The molecule has 1 aromatic heterocycles. The molecule has 0 radical (unpaired) electrons. The lowest BCUT2D eigenvalue weighted by Gasteiger charge is -2.24. The predicted molar refractivity (Wildman–Crippen MR) is 295 cm³/mol. The van der Waals surface area contributed by atoms with Crippen molar-refractivity contribution < 1.29 is 45.1 Å². The SMILES string of the molecule is CCCCCCCCCCCCN(C(=O)OCc1ccc(OC(C(C)=O)C(=O)Nc2cc(C)ccc2Cl)c(NS(=O)(=O)c2ccc(NS(C)(=O)=O)cc2)c1)c1ccc(/C=C(\C#N)c2nc3cc(C)ccc3o2)c(C)c1. The first-order chi connectivity index (χ1) is 35.7. The number of hydrogen-bond donors (Lipinski definition) is 3. The Balaban J connectivity index is 1.26. The number of aromatic nitrogens is 1. The molecule has 5 aromatic carbocycles. The Bertz CT molecular complexity index is 3320. The van der Waals surface area contributed by atoms with E-state index < -0.39 is 43.9 Å². The van der Waals surface area contributed by atoms with Gasteiger partial charge in [-0.3, -0.25) is 23.9 Å². The summed E-state index contributed by atoms with van der Waals surface area (Å²) in [5.41, 5.74) is 5.70. The van der Waals surface area contributed by atoms with Crippen molar-refractivity contribution in [1.29, 1.82) is 5.26 Å². The molecule has 2 amide bonds. The zero-order valence-corrected chi connectivity index (χ0v) is 45.4. The van der Waals surface area contributed by atoms with E-state index >= 15 is 0 Å². The van der Waals surface area contributed by atoms with Gasteiger partial charge in [0, 0.05) is 17.9 Å². The van der Waals surface area contributed by atoms with E-state index in [1.807, 2.05) is 44.2 Å². The zero-order chi connectivity index (χ0) is 54.3. The molecule has 0 saturated carbocycles. The second-order valence-corrected chi connectivity index (χ2v) is 22.3. The highest BCUT2D eigenvalue weighted by molar-refractivity contribution is 7.92. The number of nitriles is 1. The Kier molecular flexibility index (Phi) is 20.0. The van der Waals surface area contributed by atoms with Crippen molar-refractivity contribution in [1.82, 2.24) is 4.98 Å². The fourth-order valence-electron chi connectivity index (χ4n) is 8.10. The Morgan fingerprint density at radius 2 is 1.47 bits per heavy atom. The molecule has 0 aliphatic rings. The van der Waals surface area contributed by atoms with Gasteiger partial charge in [0.15, 0.2) is 11.4 Å². The van der Waals surface area contributed by atoms with Crippen molar-refractivity contribution in [2.24, 2.45) is 0 Å². The molecule has 6 rings (SSSR count). The lowest BCUT2D eigenvalue weighted by Crippen LogP contribution is -2.39. The number of allylic oxidation sites excluding steroid dienone is 1. The lowest BCUT2D eigenvalue weighted by molar-refractivity contribution is -0.133. The van der Waals surface area contributed by atoms with Crippen LogP contribution in [0.3, 0.4) is 0 Å². The first-order valence-electron chi connectivity index (χ1n) is 24.8. The van der Waals surface area contributed by atoms with Gasteiger partial charge in [-0.25, -0.2) is 26.6 Å². The number of carbonyl (C=O) groups excluding carboxylic acids is 3. The molecule has 396 valence electrons. The monoisotopic (exact) mass is 1080 g/mol. The molecule has 19 heteroatoms. The highest BCUT2D eigenvalue weighted by Gasteiger charge is 2.29. The summed E-state index contributed by atoms with van der Waals surface area (Å²) in [6.07, 6.45) is 11.1. The number of anilines is 4. The van der Waals surface area contributed by atoms with Crippen LogP contribution in [0.15, 0.2) is 106 Å². The number of aryl methyl sites for hydroxylation is 3. The van der Waals surface area contributed by atoms with Crippen LogP contribution >= 0.6 is 11.6 Å². The lowest BCUT2D eigenvalue weighted by atomic mass is 10.0. The number of amides is 2. The third kappa shape index (κ3) is 16.6. The fourth-order valence-corrected chi connectivity index (χ4v) is 9.89. The first kappa shape index (κ1) is 57.1. The van der Waals surface area contributed by atoms with Crippen molar-refractivity contribution in [3.8, 4) is 11.8 Å². The summed E-state index contributed by atoms with van der Waals surface area (Å²) in [7, 11) is -8.11. The van der Waals surface area contributed by atoms with E-state index in [1.165, 1.54) is 74.6 Å². The van der Waals surface area contributed by atoms with Gasteiger partial charge in [-0.05, 0) is 141 Å². The molecule has 0 aliphatic carbocycles. The van der Waals surface area contributed by atoms with Crippen LogP contribution in [-0.4, -0.2) is 58.5 Å². The highest BCUT2D eigenvalue weighted by atomic mass is 35.5. The Labute approximate surface area is 444 Å². The smallest absolute Gasteiger partial charge is 0.414 e. The van der Waals surface area contributed by atoms with Gasteiger partial charge >= 0.3 is 6.09 Å². The quantitative estimate of drug-likeness (QED) is 0.0262. The van der Waals surface area contributed by atoms with Crippen molar-refractivity contribution in [3.63, 3.8) is 0 Å². The number of ether oxygens (including phenoxy) is 2. The number of unbranched alkanes of at least 4 members (excludes halogenated alkanes) is 9. The molecule has 1 unspecified atom stereocenters. The Hall–Kier alpha value is -7.20. The fraction of sp³-hybridized carbons (Fsp3) is 0.339. The Morgan fingerprint density at radius 3 is 2.12 bits per heavy atom. The van der Waals surface area contributed by atoms with Crippen molar-refractivity contribution in [2.75, 3.05) is 32.5 Å². The third-order valence-corrected chi connectivity index (χ3v) is 14.4. The van der Waals surface area contributed by atoms with Crippen LogP contribution in [0.2, 0.25) is 5.02 Å². The van der Waals surface area contributed by atoms with Gasteiger partial charge in [-0.2, -0.15) is 5.26 Å². The summed E-state index contributed by atoms with van der Waals surface area (Å²) in [4.78, 5) is 46.7. The van der Waals surface area contributed by atoms with Crippen molar-refractivity contribution in [3.05, 3.63) is 136 Å². The van der Waals surface area contributed by atoms with Crippen molar-refractivity contribution >= 4 is 94.9 Å². The minimum atomic E-state index is -4.45. The number of halogens is 1. The summed E-state index contributed by atoms with van der Waals surface area (Å²) >= 11 is 6.33. The van der Waals surface area contributed by atoms with Crippen molar-refractivity contribution in [2.45, 2.75) is 116 Å². The summed E-state index contributed by atoms with van der Waals surface area (Å²) in [6, 6.07) is 27.3. The minimum absolute atomic E-state index is 0.123. The zero-order valence-electron chi connectivity index (χ0n) is 43.0. The van der Waals surface area contributed by atoms with E-state index in [9.17, 15) is 36.5 Å². The van der Waals surface area contributed by atoms with Gasteiger partial charge in [0.1, 0.15) is 29.5 Å². The second-order valence-electron chi connectivity index (χ2n) is 18.5. The number of sulfonamides is 2. The van der Waals surface area contributed by atoms with Gasteiger partial charge in [-0.15, -0.1) is 0 Å². The number of oxazole rings is 1. The summed E-state index contributed by atoms with van der Waals surface area (Å²) in [5.74, 6) is -1.61. The molecular weight excluding hydrogens is 1020 g/mol. The van der Waals surface area contributed by atoms with Crippen LogP contribution in [0.25, 0.3) is 22.7 Å². The molecule has 1 atom stereocenters. The average molecular weight is 1080 g/mol. The number of hydrogen-bond acceptors (Lipinski definition) is 12. The highest BCUT2D eigenvalue weighted by Crippen LogP contribution is 2.33. The molecule has 3 N–H and O–H groups in total. The van der Waals surface area contributed by atoms with Crippen LogP contribution in [0.4, 0.5) is 27.5 Å². The molecular formula is C56H63ClN6O10S2. The van der Waals surface area contributed by atoms with Crippen LogP contribution in [0, 0.1) is 32.1 Å². The number of nitrogens with zero attached hydrogens (tertiary/aromatic N) is 3. The van der Waals surface area contributed by atoms with E-state index in [-0.39, 0.29) is 50.8 Å². The molecule has 16 nitrogen and oxygen atoms in total. The van der Waals surface area contributed by atoms with Gasteiger partial charge in [0.05, 0.1) is 27.5 Å². The summed E-state index contributed by atoms with van der Waals surface area (Å²) in [6.45, 7) is 8.94. The van der Waals surface area contributed by atoms with Gasteiger partial charge in [-0.1, -0.05) is 101 Å². The molecule has 6 aromatic rings. The minimum Gasteiger partial charge on any atom is -0.470 e. The van der Waals surface area contributed by atoms with E-state index in [0.29, 0.717) is 40.9 Å². The third-order valence-electron chi connectivity index (χ3n) is 12.1. The second kappa shape index (κ2) is 26.3. The number of nitrogens with one attached hydrogen (secondary N) is 3. The molecule has 0 fully saturated rings. The molecule has 1 heterocycles. The number of carbonyl (C=O) groups is 3. The van der Waals surface area contributed by atoms with E-state index in [0.717, 1.165) is 55.6 Å². The normalized spacial score (nSPS) is 12.2. The molecule has 0 bridgehead atoms. The van der Waals surface area contributed by atoms with Gasteiger partial charge in [0.25, 0.3) is 15.9 Å². The standard InChI is InChI=1S/C56H63ClN6O10S2/c1-7-8-9-10-11-12-13-14-15-16-29-63(45-23-20-42(39(4)32-45)34-43(35-58)55-60-49-31-38(3)18-27-51(49)73-55)56(66)71-36-41-19-28-52(72-53(40(5)64)54(65)59-48-30-37(2)17-26-47(48)57)50(33-41)62-75(69,70)46-24-21-44(22-25-46)61-74(6,67)68/h17-28,30-34,53,61-62H,7-16,29,36H2,1-6H3,(H,59,65)/b43-34+.